The number of anilines is 1. The number of nitrogens with zero attached hydrogens (tertiary/aromatic N) is 4. The topological polar surface area (TPSA) is 71.0 Å². The van der Waals surface area contributed by atoms with Gasteiger partial charge in [-0.15, -0.1) is 10.2 Å². The van der Waals surface area contributed by atoms with Crippen LogP contribution in [0.4, 0.5) is 5.82 Å². The lowest BCUT2D eigenvalue weighted by Gasteiger charge is -2.31. The van der Waals surface area contributed by atoms with Crippen molar-refractivity contribution in [2.45, 2.75) is 19.3 Å². The maximum absolute atomic E-state index is 12.5. The number of carbonyl (C=O) groups is 1. The molecule has 29 heavy (non-hydrogen) atoms. The summed E-state index contributed by atoms with van der Waals surface area (Å²) in [6.07, 6.45) is 6.04. The van der Waals surface area contributed by atoms with Crippen LogP contribution in [0.5, 0.6) is 0 Å². The minimum Gasteiger partial charge on any atom is -0.356 e. The normalized spacial score (nSPS) is 14.6. The number of nitrogens with one attached hydrogen (secondary N) is 1. The second kappa shape index (κ2) is 9.28. The van der Waals surface area contributed by atoms with Crippen molar-refractivity contribution in [2.24, 2.45) is 5.92 Å². The van der Waals surface area contributed by atoms with Gasteiger partial charge in [0.2, 0.25) is 5.91 Å². The number of hydrogen-bond donors (Lipinski definition) is 1. The van der Waals surface area contributed by atoms with Gasteiger partial charge in [0.1, 0.15) is 0 Å². The number of carbonyl (C=O) groups excluding carboxylic acids is 1. The first-order valence-electron chi connectivity index (χ1n) is 10.1. The highest BCUT2D eigenvalue weighted by Crippen LogP contribution is 2.23. The average Bonchev–Trinajstić information content (AvgIpc) is 2.80. The third-order valence-electron chi connectivity index (χ3n) is 5.37. The molecular formula is C23H25N5O. The minimum atomic E-state index is 0.0751. The summed E-state index contributed by atoms with van der Waals surface area (Å²) >= 11 is 0. The Morgan fingerprint density at radius 1 is 0.966 bits per heavy atom. The fourth-order valence-electron chi connectivity index (χ4n) is 3.66. The first kappa shape index (κ1) is 19.1. The second-order valence-corrected chi connectivity index (χ2v) is 7.30. The molecule has 1 aliphatic heterocycles. The first-order valence-corrected chi connectivity index (χ1v) is 10.1. The van der Waals surface area contributed by atoms with Crippen LogP contribution in [0.1, 0.15) is 18.4 Å². The molecule has 0 atom stereocenters. The molecule has 148 valence electrons. The lowest BCUT2D eigenvalue weighted by atomic mass is 9.96. The molecule has 4 rings (SSSR count). The summed E-state index contributed by atoms with van der Waals surface area (Å²) in [5, 5.41) is 11.8. The summed E-state index contributed by atoms with van der Waals surface area (Å²) in [6, 6.07) is 18.1. The Morgan fingerprint density at radius 2 is 1.72 bits per heavy atom. The predicted octanol–water partition coefficient (Wildman–Crippen LogP) is 3.11. The van der Waals surface area contributed by atoms with Gasteiger partial charge in [-0.05, 0) is 49.1 Å². The molecule has 3 heterocycles. The molecule has 6 nitrogen and oxygen atoms in total. The van der Waals surface area contributed by atoms with Crippen molar-refractivity contribution in [1.82, 2.24) is 20.5 Å². The zero-order valence-electron chi connectivity index (χ0n) is 16.4. The minimum absolute atomic E-state index is 0.0751. The van der Waals surface area contributed by atoms with E-state index < -0.39 is 0 Å². The zero-order chi connectivity index (χ0) is 19.9. The van der Waals surface area contributed by atoms with E-state index in [1.54, 1.807) is 12.4 Å². The quantitative estimate of drug-likeness (QED) is 0.704. The Labute approximate surface area is 171 Å². The van der Waals surface area contributed by atoms with E-state index in [1.165, 1.54) is 5.56 Å². The predicted molar refractivity (Wildman–Crippen MR) is 113 cm³/mol. The van der Waals surface area contributed by atoms with Crippen LogP contribution in [0.2, 0.25) is 0 Å². The van der Waals surface area contributed by atoms with Crippen molar-refractivity contribution in [3.05, 3.63) is 72.6 Å². The van der Waals surface area contributed by atoms with Gasteiger partial charge in [-0.3, -0.25) is 9.78 Å². The number of rotatable bonds is 6. The monoisotopic (exact) mass is 387 g/mol. The third-order valence-corrected chi connectivity index (χ3v) is 5.37. The van der Waals surface area contributed by atoms with Gasteiger partial charge in [-0.2, -0.15) is 0 Å². The van der Waals surface area contributed by atoms with Crippen LogP contribution in [0, 0.1) is 5.92 Å². The molecule has 1 amide bonds. The number of aromatic nitrogens is 3. The van der Waals surface area contributed by atoms with Crippen molar-refractivity contribution >= 4 is 11.7 Å². The molecule has 3 aromatic rings. The molecule has 1 fully saturated rings. The van der Waals surface area contributed by atoms with E-state index >= 15 is 0 Å². The maximum atomic E-state index is 12.5. The summed E-state index contributed by atoms with van der Waals surface area (Å²) in [5.74, 6) is 1.11. The van der Waals surface area contributed by atoms with Crippen molar-refractivity contribution in [1.29, 1.82) is 0 Å². The average molecular weight is 387 g/mol. The van der Waals surface area contributed by atoms with E-state index in [0.29, 0.717) is 6.54 Å². The van der Waals surface area contributed by atoms with Crippen molar-refractivity contribution in [2.75, 3.05) is 24.5 Å². The smallest absolute Gasteiger partial charge is 0.223 e. The molecule has 1 aliphatic rings. The largest absolute Gasteiger partial charge is 0.356 e. The standard InChI is InChI=1S/C23H25N5O/c29-23(25-15-8-18-4-2-1-3-5-18)20-11-16-28(17-12-20)22-7-6-21(26-27-22)19-9-13-24-14-10-19/h1-7,9-10,13-14,20H,8,11-12,15-17H2,(H,25,29). The molecule has 1 aromatic carbocycles. The molecule has 0 spiro atoms. The van der Waals surface area contributed by atoms with E-state index in [-0.39, 0.29) is 11.8 Å². The van der Waals surface area contributed by atoms with E-state index in [2.05, 4.69) is 37.5 Å². The van der Waals surface area contributed by atoms with Gasteiger partial charge >= 0.3 is 0 Å². The molecular weight excluding hydrogens is 362 g/mol. The SMILES string of the molecule is O=C(NCCc1ccccc1)C1CCN(c2ccc(-c3ccncc3)nn2)CC1. The lowest BCUT2D eigenvalue weighted by Crippen LogP contribution is -2.41. The summed E-state index contributed by atoms with van der Waals surface area (Å²) in [4.78, 5) is 18.7. The maximum Gasteiger partial charge on any atom is 0.223 e. The second-order valence-electron chi connectivity index (χ2n) is 7.30. The van der Waals surface area contributed by atoms with Gasteiger partial charge in [0.25, 0.3) is 0 Å². The third kappa shape index (κ3) is 4.96. The van der Waals surface area contributed by atoms with Crippen LogP contribution in [0.15, 0.2) is 67.0 Å². The number of pyridine rings is 1. The Morgan fingerprint density at radius 3 is 2.41 bits per heavy atom. The summed E-state index contributed by atoms with van der Waals surface area (Å²) in [5.41, 5.74) is 3.09. The molecule has 0 aliphatic carbocycles. The number of hydrogen-bond acceptors (Lipinski definition) is 5. The Kier molecular flexibility index (Phi) is 6.10. The number of piperidine rings is 1. The van der Waals surface area contributed by atoms with Crippen LogP contribution in [-0.4, -0.2) is 40.7 Å². The van der Waals surface area contributed by atoms with E-state index in [0.717, 1.165) is 49.4 Å². The van der Waals surface area contributed by atoms with Gasteiger partial charge in [-0.1, -0.05) is 30.3 Å². The lowest BCUT2D eigenvalue weighted by molar-refractivity contribution is -0.125. The summed E-state index contributed by atoms with van der Waals surface area (Å²) in [6.45, 7) is 2.32. The van der Waals surface area contributed by atoms with Gasteiger partial charge in [-0.25, -0.2) is 0 Å². The number of amides is 1. The zero-order valence-corrected chi connectivity index (χ0v) is 16.4. The van der Waals surface area contributed by atoms with Crippen molar-refractivity contribution in [3.63, 3.8) is 0 Å². The fourth-order valence-corrected chi connectivity index (χ4v) is 3.66. The van der Waals surface area contributed by atoms with Crippen molar-refractivity contribution < 1.29 is 4.79 Å². The highest BCUT2D eigenvalue weighted by Gasteiger charge is 2.25. The molecule has 1 saturated heterocycles. The fraction of sp³-hybridized carbons (Fsp3) is 0.304. The highest BCUT2D eigenvalue weighted by molar-refractivity contribution is 5.79. The highest BCUT2D eigenvalue weighted by atomic mass is 16.1. The van der Waals surface area contributed by atoms with Gasteiger partial charge < -0.3 is 10.2 Å². The van der Waals surface area contributed by atoms with E-state index in [1.807, 2.05) is 42.5 Å². The van der Waals surface area contributed by atoms with Gasteiger partial charge in [0, 0.05) is 43.5 Å². The molecule has 0 saturated carbocycles. The Balaban J connectivity index is 1.25. The van der Waals surface area contributed by atoms with Gasteiger partial charge in [0.05, 0.1) is 5.69 Å². The van der Waals surface area contributed by atoms with Crippen LogP contribution >= 0.6 is 0 Å². The van der Waals surface area contributed by atoms with Crippen LogP contribution < -0.4 is 10.2 Å². The van der Waals surface area contributed by atoms with Crippen LogP contribution in [-0.2, 0) is 11.2 Å². The molecule has 0 unspecified atom stereocenters. The van der Waals surface area contributed by atoms with Crippen LogP contribution in [0.25, 0.3) is 11.3 Å². The van der Waals surface area contributed by atoms with Crippen LogP contribution in [0.3, 0.4) is 0 Å². The molecule has 1 N–H and O–H groups in total. The van der Waals surface area contributed by atoms with E-state index in [9.17, 15) is 4.79 Å². The Hall–Kier alpha value is -3.28. The van der Waals surface area contributed by atoms with Crippen molar-refractivity contribution in [3.8, 4) is 11.3 Å². The summed E-state index contributed by atoms with van der Waals surface area (Å²) < 4.78 is 0. The molecule has 6 heteroatoms. The van der Waals surface area contributed by atoms with Gasteiger partial charge in [0.15, 0.2) is 5.82 Å². The molecule has 0 radical (unpaired) electrons. The summed E-state index contributed by atoms with van der Waals surface area (Å²) in [7, 11) is 0. The molecule has 0 bridgehead atoms. The first-order chi connectivity index (χ1) is 14.3. The Bertz CT molecular complexity index is 907. The number of benzene rings is 1. The van der Waals surface area contributed by atoms with E-state index in [4.69, 9.17) is 0 Å². The molecule has 2 aromatic heterocycles.